The molecule has 0 aliphatic heterocycles. The van der Waals surface area contributed by atoms with E-state index in [1.807, 2.05) is 78.1 Å². The van der Waals surface area contributed by atoms with Crippen molar-refractivity contribution < 1.29 is 0 Å². The zero-order valence-electron chi connectivity index (χ0n) is 26.6. The summed E-state index contributed by atoms with van der Waals surface area (Å²) in [6, 6.07) is 55.0. The first-order valence-corrected chi connectivity index (χ1v) is 18.1. The molecule has 0 N–H and O–H groups in total. The standard InChI is InChI=1S/C44H26N4S2/c1-4-13-27(14-5-1)41-46-42(28-15-6-2-7-16-28)48-43(47-41)31-23-30-19-10-11-20-32(30)34(24-31)33-21-12-22-37-40(33)35-25-36-39(26-38(35)49-37)50-44(45-36)29-17-8-3-9-18-29/h1-26H. The fraction of sp³-hybridized carbons (Fsp3) is 0. The summed E-state index contributed by atoms with van der Waals surface area (Å²) in [5.74, 6) is 1.94. The van der Waals surface area contributed by atoms with E-state index >= 15 is 0 Å². The van der Waals surface area contributed by atoms with Gasteiger partial charge in [-0.15, -0.1) is 22.7 Å². The van der Waals surface area contributed by atoms with Crippen molar-refractivity contribution in [1.82, 2.24) is 19.9 Å². The Kier molecular flexibility index (Phi) is 6.82. The van der Waals surface area contributed by atoms with Crippen LogP contribution in [-0.2, 0) is 0 Å². The van der Waals surface area contributed by atoms with Crippen LogP contribution < -0.4 is 0 Å². The van der Waals surface area contributed by atoms with Gasteiger partial charge in [0.1, 0.15) is 5.01 Å². The minimum Gasteiger partial charge on any atom is -0.236 e. The van der Waals surface area contributed by atoms with Crippen molar-refractivity contribution in [3.8, 4) is 55.9 Å². The average Bonchev–Trinajstić information content (AvgIpc) is 3.78. The molecule has 0 atom stereocenters. The summed E-state index contributed by atoms with van der Waals surface area (Å²) < 4.78 is 3.72. The van der Waals surface area contributed by atoms with Gasteiger partial charge >= 0.3 is 0 Å². The summed E-state index contributed by atoms with van der Waals surface area (Å²) in [5, 5.41) is 5.84. The second-order valence-electron chi connectivity index (χ2n) is 12.3. The van der Waals surface area contributed by atoms with E-state index in [2.05, 4.69) is 91.0 Å². The number of aromatic nitrogens is 4. The lowest BCUT2D eigenvalue weighted by Gasteiger charge is -2.13. The second kappa shape index (κ2) is 11.8. The molecule has 6 heteroatoms. The normalized spacial score (nSPS) is 11.6. The van der Waals surface area contributed by atoms with E-state index in [0.29, 0.717) is 17.5 Å². The van der Waals surface area contributed by atoms with E-state index in [-0.39, 0.29) is 0 Å². The van der Waals surface area contributed by atoms with E-state index < -0.39 is 0 Å². The molecule has 0 spiro atoms. The Hall–Kier alpha value is -6.08. The van der Waals surface area contributed by atoms with Crippen molar-refractivity contribution in [2.24, 2.45) is 0 Å². The van der Waals surface area contributed by atoms with Crippen LogP contribution in [0.5, 0.6) is 0 Å². The Morgan fingerprint density at radius 2 is 0.980 bits per heavy atom. The molecule has 0 bridgehead atoms. The van der Waals surface area contributed by atoms with E-state index in [4.69, 9.17) is 19.9 Å². The van der Waals surface area contributed by atoms with Gasteiger partial charge in [0.25, 0.3) is 0 Å². The molecule has 234 valence electrons. The molecule has 0 radical (unpaired) electrons. The molecule has 10 rings (SSSR count). The Morgan fingerprint density at radius 3 is 1.68 bits per heavy atom. The highest BCUT2D eigenvalue weighted by molar-refractivity contribution is 7.26. The van der Waals surface area contributed by atoms with Crippen molar-refractivity contribution in [2.45, 2.75) is 0 Å². The molecule has 3 aromatic heterocycles. The monoisotopic (exact) mass is 674 g/mol. The van der Waals surface area contributed by atoms with E-state index in [0.717, 1.165) is 43.7 Å². The highest BCUT2D eigenvalue weighted by Gasteiger charge is 2.19. The second-order valence-corrected chi connectivity index (χ2v) is 14.4. The van der Waals surface area contributed by atoms with Gasteiger partial charge in [-0.3, -0.25) is 0 Å². The Labute approximate surface area is 296 Å². The lowest BCUT2D eigenvalue weighted by Crippen LogP contribution is -2.00. The van der Waals surface area contributed by atoms with Crippen LogP contribution in [0, 0.1) is 0 Å². The molecule has 0 saturated heterocycles. The third kappa shape index (κ3) is 4.96. The minimum absolute atomic E-state index is 0.643. The van der Waals surface area contributed by atoms with E-state index in [9.17, 15) is 0 Å². The zero-order valence-corrected chi connectivity index (χ0v) is 28.2. The first kappa shape index (κ1) is 28.9. The zero-order chi connectivity index (χ0) is 33.0. The largest absolute Gasteiger partial charge is 0.236 e. The van der Waals surface area contributed by atoms with Gasteiger partial charge in [-0.1, -0.05) is 127 Å². The first-order valence-electron chi connectivity index (χ1n) is 16.5. The Balaban J connectivity index is 1.20. The van der Waals surface area contributed by atoms with Gasteiger partial charge in [0, 0.05) is 42.4 Å². The van der Waals surface area contributed by atoms with Gasteiger partial charge in [0.05, 0.1) is 10.2 Å². The third-order valence-corrected chi connectivity index (χ3v) is 11.3. The molecule has 4 nitrogen and oxygen atoms in total. The van der Waals surface area contributed by atoms with Crippen LogP contribution in [-0.4, -0.2) is 19.9 Å². The van der Waals surface area contributed by atoms with E-state index in [1.54, 1.807) is 11.3 Å². The van der Waals surface area contributed by atoms with Gasteiger partial charge in [-0.2, -0.15) is 0 Å². The number of hydrogen-bond acceptors (Lipinski definition) is 6. The molecule has 0 aliphatic carbocycles. The molecular weight excluding hydrogens is 649 g/mol. The number of fused-ring (bicyclic) bond motifs is 5. The maximum Gasteiger partial charge on any atom is 0.164 e. The summed E-state index contributed by atoms with van der Waals surface area (Å²) in [6.07, 6.45) is 0. The van der Waals surface area contributed by atoms with Crippen LogP contribution in [0.1, 0.15) is 0 Å². The molecule has 3 heterocycles. The molecule has 0 unspecified atom stereocenters. The highest BCUT2D eigenvalue weighted by atomic mass is 32.1. The van der Waals surface area contributed by atoms with Crippen molar-refractivity contribution in [2.75, 3.05) is 0 Å². The fourth-order valence-electron chi connectivity index (χ4n) is 6.78. The average molecular weight is 675 g/mol. The summed E-state index contributed by atoms with van der Waals surface area (Å²) in [7, 11) is 0. The Morgan fingerprint density at radius 1 is 0.360 bits per heavy atom. The SMILES string of the molecule is c1ccc(-c2nc(-c3ccccc3)nc(-c3cc(-c4cccc5sc6cc7sc(-c8ccccc8)nc7cc6c45)c4ccccc4c3)n2)cc1. The van der Waals surface area contributed by atoms with Gasteiger partial charge in [0.2, 0.25) is 0 Å². The maximum absolute atomic E-state index is 5.09. The van der Waals surface area contributed by atoms with Gasteiger partial charge < -0.3 is 0 Å². The lowest BCUT2D eigenvalue weighted by molar-refractivity contribution is 1.07. The minimum atomic E-state index is 0.643. The van der Waals surface area contributed by atoms with Crippen molar-refractivity contribution >= 4 is 63.8 Å². The topological polar surface area (TPSA) is 51.6 Å². The molecule has 10 aromatic rings. The summed E-state index contributed by atoms with van der Waals surface area (Å²) in [5.41, 5.74) is 7.36. The number of thiazole rings is 1. The summed E-state index contributed by atoms with van der Waals surface area (Å²) >= 11 is 3.59. The quantitative estimate of drug-likeness (QED) is 0.182. The lowest BCUT2D eigenvalue weighted by atomic mass is 9.92. The Bertz CT molecular complexity index is 2800. The summed E-state index contributed by atoms with van der Waals surface area (Å²) in [6.45, 7) is 0. The van der Waals surface area contributed by atoms with Gasteiger partial charge in [0.15, 0.2) is 17.5 Å². The molecule has 50 heavy (non-hydrogen) atoms. The van der Waals surface area contributed by atoms with Crippen LogP contribution >= 0.6 is 22.7 Å². The van der Waals surface area contributed by atoms with E-state index in [1.165, 1.54) is 35.8 Å². The number of thiophene rings is 1. The van der Waals surface area contributed by atoms with Gasteiger partial charge in [-0.25, -0.2) is 19.9 Å². The van der Waals surface area contributed by atoms with Crippen LogP contribution in [0.25, 0.3) is 97.0 Å². The van der Waals surface area contributed by atoms with Crippen LogP contribution in [0.4, 0.5) is 0 Å². The van der Waals surface area contributed by atoms with Crippen LogP contribution in [0.3, 0.4) is 0 Å². The van der Waals surface area contributed by atoms with Gasteiger partial charge in [-0.05, 0) is 52.2 Å². The smallest absolute Gasteiger partial charge is 0.164 e. The highest BCUT2D eigenvalue weighted by Crippen LogP contribution is 2.45. The molecule has 7 aromatic carbocycles. The van der Waals surface area contributed by atoms with Crippen molar-refractivity contribution in [1.29, 1.82) is 0 Å². The number of rotatable bonds is 5. The predicted molar refractivity (Wildman–Crippen MR) is 211 cm³/mol. The van der Waals surface area contributed by atoms with Crippen LogP contribution in [0.2, 0.25) is 0 Å². The number of nitrogens with zero attached hydrogens (tertiary/aromatic N) is 4. The molecule has 0 saturated carbocycles. The molecule has 0 amide bonds. The molecular formula is C44H26N4S2. The molecule has 0 aliphatic rings. The number of hydrogen-bond donors (Lipinski definition) is 0. The summed E-state index contributed by atoms with van der Waals surface area (Å²) in [4.78, 5) is 20.2. The predicted octanol–water partition coefficient (Wildman–Crippen LogP) is 12.3. The number of benzene rings is 7. The van der Waals surface area contributed by atoms with Crippen LogP contribution in [0.15, 0.2) is 158 Å². The van der Waals surface area contributed by atoms with Crippen molar-refractivity contribution in [3.63, 3.8) is 0 Å². The van der Waals surface area contributed by atoms with Crippen molar-refractivity contribution in [3.05, 3.63) is 158 Å². The first-order chi connectivity index (χ1) is 24.7. The third-order valence-electron chi connectivity index (χ3n) is 9.14. The molecule has 0 fully saturated rings. The fourth-order valence-corrected chi connectivity index (χ4v) is 9.00. The maximum atomic E-state index is 5.09.